The van der Waals surface area contributed by atoms with Gasteiger partial charge in [-0.05, 0) is 25.5 Å². The average Bonchev–Trinajstić information content (AvgIpc) is 2.76. The molecule has 0 spiro atoms. The molecular weight excluding hydrogens is 230 g/mol. The molecule has 1 fully saturated rings. The second-order valence-corrected chi connectivity index (χ2v) is 4.68. The summed E-state index contributed by atoms with van der Waals surface area (Å²) in [7, 11) is 1.66. The minimum atomic E-state index is -0.716. The zero-order valence-corrected chi connectivity index (χ0v) is 10.6. The number of carbonyl (C=O) groups is 1. The van der Waals surface area contributed by atoms with Gasteiger partial charge in [-0.15, -0.1) is 0 Å². The highest BCUT2D eigenvalue weighted by molar-refractivity contribution is 5.67. The summed E-state index contributed by atoms with van der Waals surface area (Å²) in [5.41, 5.74) is 1.12. The van der Waals surface area contributed by atoms with Crippen LogP contribution < -0.4 is 4.74 Å². The lowest BCUT2D eigenvalue weighted by molar-refractivity contribution is -0.138. The lowest BCUT2D eigenvalue weighted by Gasteiger charge is -2.24. The lowest BCUT2D eigenvalue weighted by Crippen LogP contribution is -2.30. The van der Waals surface area contributed by atoms with Crippen LogP contribution in [0.1, 0.15) is 24.8 Å². The number of benzene rings is 1. The Hall–Kier alpha value is -1.55. The molecule has 0 bridgehead atoms. The number of aliphatic carboxylic acids is 1. The van der Waals surface area contributed by atoms with Gasteiger partial charge in [0.2, 0.25) is 0 Å². The van der Waals surface area contributed by atoms with Crippen LogP contribution in [-0.4, -0.2) is 35.7 Å². The van der Waals surface area contributed by atoms with Crippen LogP contribution in [0.25, 0.3) is 0 Å². The van der Waals surface area contributed by atoms with Gasteiger partial charge in [0.15, 0.2) is 0 Å². The van der Waals surface area contributed by atoms with Crippen molar-refractivity contribution in [1.82, 2.24) is 4.90 Å². The first kappa shape index (κ1) is 12.9. The molecule has 4 heteroatoms. The first-order valence-electron chi connectivity index (χ1n) is 6.28. The van der Waals surface area contributed by atoms with Crippen molar-refractivity contribution < 1.29 is 14.6 Å². The first-order valence-corrected chi connectivity index (χ1v) is 6.28. The fourth-order valence-corrected chi connectivity index (χ4v) is 2.59. The molecule has 1 N–H and O–H groups in total. The third-order valence-electron chi connectivity index (χ3n) is 3.48. The first-order chi connectivity index (χ1) is 8.70. The van der Waals surface area contributed by atoms with E-state index in [1.165, 1.54) is 0 Å². The molecule has 0 aromatic heterocycles. The Balaban J connectivity index is 2.05. The highest BCUT2D eigenvalue weighted by atomic mass is 16.5. The summed E-state index contributed by atoms with van der Waals surface area (Å²) < 4.78 is 5.33. The smallest absolute Gasteiger partial charge is 0.304 e. The van der Waals surface area contributed by atoms with Crippen molar-refractivity contribution in [2.45, 2.75) is 31.8 Å². The summed E-state index contributed by atoms with van der Waals surface area (Å²) in [6, 6.07) is 8.07. The van der Waals surface area contributed by atoms with Crippen molar-refractivity contribution in [2.24, 2.45) is 0 Å². The highest BCUT2D eigenvalue weighted by Gasteiger charge is 2.26. The van der Waals surface area contributed by atoms with Gasteiger partial charge in [-0.3, -0.25) is 9.69 Å². The van der Waals surface area contributed by atoms with Crippen molar-refractivity contribution in [3.63, 3.8) is 0 Å². The monoisotopic (exact) mass is 249 g/mol. The van der Waals surface area contributed by atoms with Crippen LogP contribution in [0.2, 0.25) is 0 Å². The van der Waals surface area contributed by atoms with Crippen LogP contribution in [-0.2, 0) is 11.3 Å². The SMILES string of the molecule is COc1ccccc1CN1CCCC1CC(=O)O. The molecule has 18 heavy (non-hydrogen) atoms. The Labute approximate surface area is 107 Å². The van der Waals surface area contributed by atoms with E-state index >= 15 is 0 Å². The summed E-state index contributed by atoms with van der Waals surface area (Å²) in [6.07, 6.45) is 2.28. The Bertz CT molecular complexity index is 419. The van der Waals surface area contributed by atoms with Crippen LogP contribution in [0.4, 0.5) is 0 Å². The van der Waals surface area contributed by atoms with Crippen molar-refractivity contribution in [1.29, 1.82) is 0 Å². The van der Waals surface area contributed by atoms with Crippen LogP contribution in [0.3, 0.4) is 0 Å². The summed E-state index contributed by atoms with van der Waals surface area (Å²) in [6.45, 7) is 1.73. The van der Waals surface area contributed by atoms with Gasteiger partial charge in [-0.2, -0.15) is 0 Å². The van der Waals surface area contributed by atoms with E-state index in [9.17, 15) is 4.79 Å². The Morgan fingerprint density at radius 3 is 3.00 bits per heavy atom. The van der Waals surface area contributed by atoms with E-state index in [-0.39, 0.29) is 12.5 Å². The van der Waals surface area contributed by atoms with Gasteiger partial charge < -0.3 is 9.84 Å². The molecular formula is C14H19NO3. The second-order valence-electron chi connectivity index (χ2n) is 4.68. The van der Waals surface area contributed by atoms with E-state index in [1.807, 2.05) is 24.3 Å². The molecule has 4 nitrogen and oxygen atoms in total. The number of para-hydroxylation sites is 1. The highest BCUT2D eigenvalue weighted by Crippen LogP contribution is 2.26. The van der Waals surface area contributed by atoms with Crippen LogP contribution in [0.15, 0.2) is 24.3 Å². The van der Waals surface area contributed by atoms with E-state index in [2.05, 4.69) is 4.90 Å². The van der Waals surface area contributed by atoms with Crippen LogP contribution in [0.5, 0.6) is 5.75 Å². The average molecular weight is 249 g/mol. The largest absolute Gasteiger partial charge is 0.496 e. The van der Waals surface area contributed by atoms with E-state index in [1.54, 1.807) is 7.11 Å². The van der Waals surface area contributed by atoms with Crippen LogP contribution in [0, 0.1) is 0 Å². The number of ether oxygens (including phenoxy) is 1. The summed E-state index contributed by atoms with van der Waals surface area (Å²) in [5.74, 6) is 0.158. The summed E-state index contributed by atoms with van der Waals surface area (Å²) >= 11 is 0. The molecule has 0 radical (unpaired) electrons. The maximum absolute atomic E-state index is 10.8. The zero-order chi connectivity index (χ0) is 13.0. The molecule has 1 aromatic rings. The maximum Gasteiger partial charge on any atom is 0.304 e. The number of hydrogen-bond donors (Lipinski definition) is 1. The molecule has 1 aromatic carbocycles. The van der Waals surface area contributed by atoms with Gasteiger partial charge in [-0.1, -0.05) is 18.2 Å². The Morgan fingerprint density at radius 2 is 2.28 bits per heavy atom. The lowest BCUT2D eigenvalue weighted by atomic mass is 10.1. The molecule has 1 heterocycles. The normalized spacial score (nSPS) is 19.9. The van der Waals surface area contributed by atoms with E-state index in [0.717, 1.165) is 37.2 Å². The molecule has 98 valence electrons. The number of nitrogens with zero attached hydrogens (tertiary/aromatic N) is 1. The third kappa shape index (κ3) is 3.01. The molecule has 1 atom stereocenters. The molecule has 1 unspecified atom stereocenters. The predicted molar refractivity (Wildman–Crippen MR) is 68.7 cm³/mol. The summed E-state index contributed by atoms with van der Waals surface area (Å²) in [4.78, 5) is 13.1. The van der Waals surface area contributed by atoms with E-state index in [4.69, 9.17) is 9.84 Å². The molecule has 1 aliphatic rings. The molecule has 0 aliphatic carbocycles. The predicted octanol–water partition coefficient (Wildman–Crippen LogP) is 2.13. The number of likely N-dealkylation sites (tertiary alicyclic amines) is 1. The van der Waals surface area contributed by atoms with Gasteiger partial charge in [0.05, 0.1) is 13.5 Å². The summed E-state index contributed by atoms with van der Waals surface area (Å²) in [5, 5.41) is 8.91. The molecule has 2 rings (SSSR count). The standard InChI is InChI=1S/C14H19NO3/c1-18-13-7-3-2-5-11(13)10-15-8-4-6-12(15)9-14(16)17/h2-3,5,7,12H,4,6,8-10H2,1H3,(H,16,17). The van der Waals surface area contributed by atoms with Crippen molar-refractivity contribution >= 4 is 5.97 Å². The Morgan fingerprint density at radius 1 is 1.50 bits per heavy atom. The fourth-order valence-electron chi connectivity index (χ4n) is 2.59. The Kier molecular flexibility index (Phi) is 4.20. The van der Waals surface area contributed by atoms with Crippen LogP contribution >= 0.6 is 0 Å². The minimum Gasteiger partial charge on any atom is -0.496 e. The van der Waals surface area contributed by atoms with Crippen molar-refractivity contribution in [3.8, 4) is 5.75 Å². The zero-order valence-electron chi connectivity index (χ0n) is 10.6. The van der Waals surface area contributed by atoms with Crippen molar-refractivity contribution in [2.75, 3.05) is 13.7 Å². The topological polar surface area (TPSA) is 49.8 Å². The third-order valence-corrected chi connectivity index (χ3v) is 3.48. The quantitative estimate of drug-likeness (QED) is 0.868. The van der Waals surface area contributed by atoms with Gasteiger partial charge >= 0.3 is 5.97 Å². The van der Waals surface area contributed by atoms with E-state index < -0.39 is 5.97 Å². The maximum atomic E-state index is 10.8. The minimum absolute atomic E-state index is 0.160. The van der Waals surface area contributed by atoms with Gasteiger partial charge in [0, 0.05) is 18.2 Å². The number of methoxy groups -OCH3 is 1. The molecule has 0 amide bonds. The van der Waals surface area contributed by atoms with Gasteiger partial charge in [-0.25, -0.2) is 0 Å². The molecule has 0 saturated carbocycles. The molecule has 1 aliphatic heterocycles. The fraction of sp³-hybridized carbons (Fsp3) is 0.500. The van der Waals surface area contributed by atoms with E-state index in [0.29, 0.717) is 0 Å². The number of hydrogen-bond acceptors (Lipinski definition) is 3. The number of carboxylic acid groups (broad SMARTS) is 1. The van der Waals surface area contributed by atoms with Crippen molar-refractivity contribution in [3.05, 3.63) is 29.8 Å². The molecule has 1 saturated heterocycles. The van der Waals surface area contributed by atoms with Gasteiger partial charge in [0.25, 0.3) is 0 Å². The number of rotatable bonds is 5. The number of carboxylic acids is 1. The second kappa shape index (κ2) is 5.87. The van der Waals surface area contributed by atoms with Gasteiger partial charge in [0.1, 0.15) is 5.75 Å².